The zero-order valence-corrected chi connectivity index (χ0v) is 22.2. The lowest BCUT2D eigenvalue weighted by atomic mass is 10.1. The highest BCUT2D eigenvalue weighted by molar-refractivity contribution is 5.96. The highest BCUT2D eigenvalue weighted by atomic mass is 16.4. The largest absolute Gasteiger partial charge is 0.481 e. The third-order valence-corrected chi connectivity index (χ3v) is 5.81. The van der Waals surface area contributed by atoms with Crippen molar-refractivity contribution >= 4 is 47.4 Å². The predicted molar refractivity (Wildman–Crippen MR) is 139 cm³/mol. The number of hydrogen-bond donors (Lipinski definition) is 10. The van der Waals surface area contributed by atoms with Crippen LogP contribution in [0.25, 0.3) is 0 Å². The van der Waals surface area contributed by atoms with Crippen molar-refractivity contribution in [3.05, 3.63) is 0 Å². The lowest BCUT2D eigenvalue weighted by molar-refractivity contribution is -0.144. The standard InChI is InChI=1S/C22H37N9O10/c23-11(3-1-5-26-22(24)25)18(38)27-8-15(33)29-12(7-16(34)35)19(39)30-13(10-32)21(41)31-6-2-4-14(31)20(40)28-9-17(36)37/h11-14,32H,1-10,23H2,(H,27,38)(H,28,40)(H,29,33)(H,30,39)(H,34,35)(H,36,37)(H4,24,25,26)/t11-,12-,13-,14-/m0/s1. The molecule has 5 amide bonds. The van der Waals surface area contributed by atoms with E-state index < -0.39 is 91.8 Å². The second-order valence-electron chi connectivity index (χ2n) is 9.04. The van der Waals surface area contributed by atoms with Gasteiger partial charge in [-0.15, -0.1) is 0 Å². The predicted octanol–water partition coefficient (Wildman–Crippen LogP) is -5.89. The molecule has 0 radical (unpaired) electrons. The summed E-state index contributed by atoms with van der Waals surface area (Å²) >= 11 is 0. The minimum absolute atomic E-state index is 0.0851. The molecule has 1 aliphatic heterocycles. The fraction of sp³-hybridized carbons (Fsp3) is 0.636. The molecule has 1 saturated heterocycles. The number of aliphatic hydroxyl groups excluding tert-OH is 1. The van der Waals surface area contributed by atoms with Crippen molar-refractivity contribution in [2.75, 3.05) is 32.8 Å². The van der Waals surface area contributed by atoms with Gasteiger partial charge in [-0.2, -0.15) is 0 Å². The number of nitrogens with two attached hydrogens (primary N) is 3. The Kier molecular flexibility index (Phi) is 14.5. The first-order chi connectivity index (χ1) is 19.3. The quantitative estimate of drug-likeness (QED) is 0.0431. The zero-order chi connectivity index (χ0) is 31.1. The van der Waals surface area contributed by atoms with E-state index >= 15 is 0 Å². The van der Waals surface area contributed by atoms with Gasteiger partial charge in [-0.1, -0.05) is 0 Å². The summed E-state index contributed by atoms with van der Waals surface area (Å²) in [6.45, 7) is -1.91. The molecule has 0 bridgehead atoms. The molecule has 1 aliphatic rings. The van der Waals surface area contributed by atoms with Crippen LogP contribution in [0.4, 0.5) is 0 Å². The number of carbonyl (C=O) groups excluding carboxylic acids is 5. The number of guanidine groups is 1. The average Bonchev–Trinajstić information content (AvgIpc) is 3.40. The number of aliphatic carboxylic acids is 2. The molecule has 0 saturated carbocycles. The summed E-state index contributed by atoms with van der Waals surface area (Å²) in [7, 11) is 0. The Morgan fingerprint density at radius 3 is 2.20 bits per heavy atom. The maximum atomic E-state index is 13.0. The minimum Gasteiger partial charge on any atom is -0.481 e. The molecule has 1 fully saturated rings. The molecule has 0 unspecified atom stereocenters. The Balaban J connectivity index is 2.75. The van der Waals surface area contributed by atoms with Crippen molar-refractivity contribution in [1.29, 1.82) is 0 Å². The van der Waals surface area contributed by atoms with Gasteiger partial charge in [0.1, 0.15) is 24.7 Å². The number of nitrogens with one attached hydrogen (secondary N) is 4. The smallest absolute Gasteiger partial charge is 0.322 e. The first kappa shape index (κ1) is 34.5. The molecule has 1 rings (SSSR count). The molecule has 19 nitrogen and oxygen atoms in total. The van der Waals surface area contributed by atoms with Crippen molar-refractivity contribution in [3.63, 3.8) is 0 Å². The van der Waals surface area contributed by atoms with Crippen LogP contribution >= 0.6 is 0 Å². The maximum Gasteiger partial charge on any atom is 0.322 e. The fourth-order valence-electron chi connectivity index (χ4n) is 3.82. The molecule has 0 aliphatic carbocycles. The maximum absolute atomic E-state index is 13.0. The van der Waals surface area contributed by atoms with Crippen LogP contribution in [0.1, 0.15) is 32.1 Å². The Bertz CT molecular complexity index is 1020. The third-order valence-electron chi connectivity index (χ3n) is 5.81. The van der Waals surface area contributed by atoms with Gasteiger partial charge in [0.25, 0.3) is 0 Å². The number of likely N-dealkylation sites (tertiary alicyclic amines) is 1. The Hall–Kier alpha value is -4.52. The summed E-state index contributed by atoms with van der Waals surface area (Å²) in [6.07, 6.45) is 0.296. The number of hydrogen-bond acceptors (Lipinski definition) is 10. The van der Waals surface area contributed by atoms with Crippen LogP contribution in [0, 0.1) is 0 Å². The Morgan fingerprint density at radius 1 is 0.927 bits per heavy atom. The van der Waals surface area contributed by atoms with Gasteiger partial charge in [-0.3, -0.25) is 38.6 Å². The monoisotopic (exact) mass is 587 g/mol. The van der Waals surface area contributed by atoms with Crippen molar-refractivity contribution < 1.29 is 48.9 Å². The van der Waals surface area contributed by atoms with Gasteiger partial charge in [0.05, 0.1) is 25.6 Å². The SMILES string of the molecule is NC(N)=NCCC[C@H](N)C(=O)NCC(=O)N[C@@H](CC(=O)O)C(=O)N[C@@H](CO)C(=O)N1CCC[C@H]1C(=O)NCC(=O)O. The highest BCUT2D eigenvalue weighted by Crippen LogP contribution is 2.18. The van der Waals surface area contributed by atoms with Crippen LogP contribution < -0.4 is 38.5 Å². The van der Waals surface area contributed by atoms with Crippen LogP contribution in [-0.2, 0) is 33.6 Å². The first-order valence-electron chi connectivity index (χ1n) is 12.6. The topological polar surface area (TPSA) is 322 Å². The van der Waals surface area contributed by atoms with Gasteiger partial charge < -0.3 is 58.7 Å². The van der Waals surface area contributed by atoms with Crippen LogP contribution in [0.15, 0.2) is 4.99 Å². The van der Waals surface area contributed by atoms with E-state index in [1.54, 1.807) is 0 Å². The van der Waals surface area contributed by atoms with E-state index in [9.17, 15) is 43.8 Å². The molecule has 230 valence electrons. The van der Waals surface area contributed by atoms with Gasteiger partial charge in [0, 0.05) is 13.1 Å². The fourth-order valence-corrected chi connectivity index (χ4v) is 3.82. The molecule has 19 heteroatoms. The summed E-state index contributed by atoms with van der Waals surface area (Å²) in [5, 5.41) is 36.4. The molecular formula is C22H37N9O10. The number of rotatable bonds is 17. The van der Waals surface area contributed by atoms with Crippen molar-refractivity contribution in [2.45, 2.75) is 56.3 Å². The van der Waals surface area contributed by atoms with Gasteiger partial charge in [0.2, 0.25) is 29.5 Å². The van der Waals surface area contributed by atoms with Gasteiger partial charge in [-0.25, -0.2) is 0 Å². The number of aliphatic imine (C=N–C) groups is 1. The molecule has 41 heavy (non-hydrogen) atoms. The molecule has 13 N–H and O–H groups in total. The minimum atomic E-state index is -1.69. The second-order valence-corrected chi connectivity index (χ2v) is 9.04. The van der Waals surface area contributed by atoms with Crippen LogP contribution in [0.2, 0.25) is 0 Å². The summed E-state index contributed by atoms with van der Waals surface area (Å²) in [6, 6.07) is -5.32. The number of carboxylic acids is 2. The van der Waals surface area contributed by atoms with Crippen molar-refractivity contribution in [3.8, 4) is 0 Å². The lowest BCUT2D eigenvalue weighted by Crippen LogP contribution is -2.58. The van der Waals surface area contributed by atoms with E-state index in [1.807, 2.05) is 0 Å². The normalized spacial score (nSPS) is 16.4. The molecule has 0 aromatic heterocycles. The number of nitrogens with zero attached hydrogens (tertiary/aromatic N) is 2. The lowest BCUT2D eigenvalue weighted by Gasteiger charge is -2.28. The van der Waals surface area contributed by atoms with Crippen LogP contribution in [0.3, 0.4) is 0 Å². The molecule has 0 aromatic carbocycles. The van der Waals surface area contributed by atoms with Gasteiger partial charge >= 0.3 is 11.9 Å². The van der Waals surface area contributed by atoms with E-state index in [-0.39, 0.29) is 31.9 Å². The summed E-state index contributed by atoms with van der Waals surface area (Å²) < 4.78 is 0. The Morgan fingerprint density at radius 2 is 1.61 bits per heavy atom. The van der Waals surface area contributed by atoms with Crippen LogP contribution in [-0.4, -0.2) is 125 Å². The van der Waals surface area contributed by atoms with E-state index in [0.29, 0.717) is 12.8 Å². The van der Waals surface area contributed by atoms with Gasteiger partial charge in [0.15, 0.2) is 5.96 Å². The molecular weight excluding hydrogens is 550 g/mol. The number of carboxylic acid groups (broad SMARTS) is 2. The van der Waals surface area contributed by atoms with E-state index in [0.717, 1.165) is 4.90 Å². The number of amides is 5. The second kappa shape index (κ2) is 17.2. The van der Waals surface area contributed by atoms with Gasteiger partial charge in [-0.05, 0) is 25.7 Å². The summed E-state index contributed by atoms with van der Waals surface area (Å²) in [4.78, 5) is 89.3. The van der Waals surface area contributed by atoms with Crippen molar-refractivity contribution in [1.82, 2.24) is 26.2 Å². The summed E-state index contributed by atoms with van der Waals surface area (Å²) in [5.74, 6) is -7.22. The van der Waals surface area contributed by atoms with Crippen LogP contribution in [0.5, 0.6) is 0 Å². The highest BCUT2D eigenvalue weighted by Gasteiger charge is 2.38. The molecule has 0 aromatic rings. The zero-order valence-electron chi connectivity index (χ0n) is 22.2. The first-order valence-corrected chi connectivity index (χ1v) is 12.6. The summed E-state index contributed by atoms with van der Waals surface area (Å²) in [5.41, 5.74) is 16.1. The average molecular weight is 588 g/mol. The molecule has 1 heterocycles. The van der Waals surface area contributed by atoms with Crippen molar-refractivity contribution in [2.24, 2.45) is 22.2 Å². The third kappa shape index (κ3) is 12.5. The number of carbonyl (C=O) groups is 7. The van der Waals surface area contributed by atoms with E-state index in [1.165, 1.54) is 0 Å². The number of aliphatic hydroxyl groups is 1. The molecule has 4 atom stereocenters. The van der Waals surface area contributed by atoms with E-state index in [2.05, 4.69) is 26.3 Å². The Labute approximate surface area is 234 Å². The molecule has 0 spiro atoms. The van der Waals surface area contributed by atoms with E-state index in [4.69, 9.17) is 22.3 Å².